The van der Waals surface area contributed by atoms with Crippen LogP contribution in [0.25, 0.3) is 11.3 Å². The minimum absolute atomic E-state index is 0.200. The normalized spacial score (nSPS) is 10.2. The first-order chi connectivity index (χ1) is 7.16. The Kier molecular flexibility index (Phi) is 2.17. The second kappa shape index (κ2) is 3.49. The number of halogens is 1. The van der Waals surface area contributed by atoms with E-state index in [1.807, 2.05) is 0 Å². The summed E-state index contributed by atoms with van der Waals surface area (Å²) in [5.41, 5.74) is 0.269. The Morgan fingerprint density at radius 2 is 2.27 bits per heavy atom. The average Bonchev–Trinajstić information content (AvgIpc) is 2.68. The van der Waals surface area contributed by atoms with Crippen molar-refractivity contribution in [3.05, 3.63) is 36.0 Å². The van der Waals surface area contributed by atoms with E-state index in [0.29, 0.717) is 5.56 Å². The molecule has 0 aromatic carbocycles. The standard InChI is InChI=1S/C9H5FN2O3/c10-8-2-1-5(4-11-8)7-3-6(9(13)14)12-15-7/h1-4H,(H,13,14). The lowest BCUT2D eigenvalue weighted by Crippen LogP contribution is -1.94. The van der Waals surface area contributed by atoms with Crippen LogP contribution in [0.3, 0.4) is 0 Å². The van der Waals surface area contributed by atoms with E-state index in [9.17, 15) is 9.18 Å². The lowest BCUT2D eigenvalue weighted by atomic mass is 10.2. The summed E-state index contributed by atoms with van der Waals surface area (Å²) >= 11 is 0. The fraction of sp³-hybridized carbons (Fsp3) is 0. The molecule has 0 saturated carbocycles. The Labute approximate surface area is 83.2 Å². The van der Waals surface area contributed by atoms with Crippen molar-refractivity contribution in [3.63, 3.8) is 0 Å². The molecule has 76 valence electrons. The van der Waals surface area contributed by atoms with Crippen LogP contribution in [0.1, 0.15) is 10.5 Å². The number of carboxylic acid groups (broad SMARTS) is 1. The maximum Gasteiger partial charge on any atom is 0.358 e. The molecule has 0 aliphatic carbocycles. The van der Waals surface area contributed by atoms with E-state index >= 15 is 0 Å². The molecular formula is C9H5FN2O3. The van der Waals surface area contributed by atoms with Gasteiger partial charge in [0.05, 0.1) is 0 Å². The number of nitrogens with zero attached hydrogens (tertiary/aromatic N) is 2. The van der Waals surface area contributed by atoms with Crippen LogP contribution in [0.4, 0.5) is 4.39 Å². The van der Waals surface area contributed by atoms with Gasteiger partial charge in [-0.25, -0.2) is 9.78 Å². The van der Waals surface area contributed by atoms with Crippen molar-refractivity contribution in [3.8, 4) is 11.3 Å². The molecule has 15 heavy (non-hydrogen) atoms. The van der Waals surface area contributed by atoms with E-state index < -0.39 is 11.9 Å². The molecule has 0 aliphatic rings. The minimum Gasteiger partial charge on any atom is -0.476 e. The molecular weight excluding hydrogens is 203 g/mol. The molecule has 0 radical (unpaired) electrons. The third-order valence-electron chi connectivity index (χ3n) is 1.74. The molecule has 2 aromatic rings. The molecule has 2 heterocycles. The first kappa shape index (κ1) is 9.32. The fourth-order valence-electron chi connectivity index (χ4n) is 1.03. The number of carbonyl (C=O) groups is 1. The first-order valence-corrected chi connectivity index (χ1v) is 3.99. The zero-order chi connectivity index (χ0) is 10.8. The lowest BCUT2D eigenvalue weighted by Gasteiger charge is -1.92. The molecule has 5 nitrogen and oxygen atoms in total. The van der Waals surface area contributed by atoms with E-state index in [-0.39, 0.29) is 11.5 Å². The van der Waals surface area contributed by atoms with Crippen molar-refractivity contribution < 1.29 is 18.8 Å². The Morgan fingerprint density at radius 1 is 1.47 bits per heavy atom. The van der Waals surface area contributed by atoms with Gasteiger partial charge in [0.25, 0.3) is 0 Å². The Bertz CT molecular complexity index is 492. The van der Waals surface area contributed by atoms with Crippen molar-refractivity contribution in [2.45, 2.75) is 0 Å². The van der Waals surface area contributed by atoms with Gasteiger partial charge in [-0.2, -0.15) is 4.39 Å². The van der Waals surface area contributed by atoms with Crippen LogP contribution in [0.2, 0.25) is 0 Å². The van der Waals surface area contributed by atoms with Gasteiger partial charge in [-0.15, -0.1) is 0 Å². The number of aromatic carboxylic acids is 1. The van der Waals surface area contributed by atoms with Crippen LogP contribution in [-0.4, -0.2) is 21.2 Å². The summed E-state index contributed by atoms with van der Waals surface area (Å²) in [5, 5.41) is 11.9. The topological polar surface area (TPSA) is 76.2 Å². The highest BCUT2D eigenvalue weighted by Gasteiger charge is 2.12. The van der Waals surface area contributed by atoms with Crippen LogP contribution in [0.5, 0.6) is 0 Å². The van der Waals surface area contributed by atoms with Gasteiger partial charge >= 0.3 is 5.97 Å². The van der Waals surface area contributed by atoms with Gasteiger partial charge in [0.1, 0.15) is 0 Å². The third-order valence-corrected chi connectivity index (χ3v) is 1.74. The molecule has 1 N–H and O–H groups in total. The summed E-state index contributed by atoms with van der Waals surface area (Å²) < 4.78 is 17.2. The number of aromatic nitrogens is 2. The quantitative estimate of drug-likeness (QED) is 0.758. The highest BCUT2D eigenvalue weighted by atomic mass is 19.1. The van der Waals surface area contributed by atoms with Crippen molar-refractivity contribution in [1.82, 2.24) is 10.1 Å². The van der Waals surface area contributed by atoms with Crippen molar-refractivity contribution in [1.29, 1.82) is 0 Å². The van der Waals surface area contributed by atoms with Crippen LogP contribution in [-0.2, 0) is 0 Å². The van der Waals surface area contributed by atoms with Gasteiger partial charge in [0.15, 0.2) is 11.5 Å². The number of rotatable bonds is 2. The van der Waals surface area contributed by atoms with E-state index in [1.165, 1.54) is 18.3 Å². The minimum atomic E-state index is -1.18. The summed E-state index contributed by atoms with van der Waals surface area (Å²) in [6.45, 7) is 0. The SMILES string of the molecule is O=C(O)c1cc(-c2ccc(F)nc2)on1. The molecule has 2 aromatic heterocycles. The van der Waals surface area contributed by atoms with E-state index in [4.69, 9.17) is 9.63 Å². The van der Waals surface area contributed by atoms with Crippen molar-refractivity contribution >= 4 is 5.97 Å². The monoisotopic (exact) mass is 208 g/mol. The maximum absolute atomic E-state index is 12.5. The van der Waals surface area contributed by atoms with Gasteiger partial charge in [0.2, 0.25) is 5.95 Å². The Hall–Kier alpha value is -2.24. The van der Waals surface area contributed by atoms with E-state index in [2.05, 4.69) is 10.1 Å². The zero-order valence-electron chi connectivity index (χ0n) is 7.35. The predicted octanol–water partition coefficient (Wildman–Crippen LogP) is 1.57. The summed E-state index contributed by atoms with van der Waals surface area (Å²) in [6.07, 6.45) is 1.24. The molecule has 0 unspecified atom stereocenters. The number of hydrogen-bond donors (Lipinski definition) is 1. The average molecular weight is 208 g/mol. The summed E-state index contributed by atoms with van der Waals surface area (Å²) in [7, 11) is 0. The second-order valence-electron chi connectivity index (χ2n) is 2.75. The predicted molar refractivity (Wildman–Crippen MR) is 46.7 cm³/mol. The summed E-state index contributed by atoms with van der Waals surface area (Å²) in [5.74, 6) is -1.56. The number of pyridine rings is 1. The molecule has 0 bridgehead atoms. The molecule has 0 spiro atoms. The maximum atomic E-state index is 12.5. The molecule has 0 atom stereocenters. The number of hydrogen-bond acceptors (Lipinski definition) is 4. The second-order valence-corrected chi connectivity index (χ2v) is 2.75. The van der Waals surface area contributed by atoms with Crippen molar-refractivity contribution in [2.24, 2.45) is 0 Å². The Morgan fingerprint density at radius 3 is 2.80 bits per heavy atom. The largest absolute Gasteiger partial charge is 0.476 e. The van der Waals surface area contributed by atoms with Gasteiger partial charge in [-0.05, 0) is 12.1 Å². The highest BCUT2D eigenvalue weighted by Crippen LogP contribution is 2.19. The smallest absolute Gasteiger partial charge is 0.358 e. The van der Waals surface area contributed by atoms with Crippen LogP contribution in [0.15, 0.2) is 28.9 Å². The molecule has 0 fully saturated rings. The summed E-state index contributed by atoms with van der Waals surface area (Å²) in [4.78, 5) is 13.9. The van der Waals surface area contributed by atoms with Gasteiger partial charge in [-0.3, -0.25) is 0 Å². The van der Waals surface area contributed by atoms with Gasteiger partial charge in [0, 0.05) is 17.8 Å². The molecule has 0 saturated heterocycles. The van der Waals surface area contributed by atoms with Gasteiger partial charge < -0.3 is 9.63 Å². The molecule has 0 aliphatic heterocycles. The first-order valence-electron chi connectivity index (χ1n) is 3.99. The lowest BCUT2D eigenvalue weighted by molar-refractivity contribution is 0.0686. The molecule has 6 heteroatoms. The molecule has 2 rings (SSSR count). The third kappa shape index (κ3) is 1.83. The van der Waals surface area contributed by atoms with Crippen LogP contribution >= 0.6 is 0 Å². The Balaban J connectivity index is 2.37. The zero-order valence-corrected chi connectivity index (χ0v) is 7.35. The van der Waals surface area contributed by atoms with Crippen LogP contribution < -0.4 is 0 Å². The van der Waals surface area contributed by atoms with E-state index in [1.54, 1.807) is 0 Å². The van der Waals surface area contributed by atoms with E-state index in [0.717, 1.165) is 6.07 Å². The highest BCUT2D eigenvalue weighted by molar-refractivity contribution is 5.86. The molecule has 0 amide bonds. The fourth-order valence-corrected chi connectivity index (χ4v) is 1.03. The number of carboxylic acids is 1. The van der Waals surface area contributed by atoms with Crippen LogP contribution in [0, 0.1) is 5.95 Å². The van der Waals surface area contributed by atoms with Crippen molar-refractivity contribution in [2.75, 3.05) is 0 Å². The van der Waals surface area contributed by atoms with Gasteiger partial charge in [-0.1, -0.05) is 5.16 Å². The summed E-state index contributed by atoms with van der Waals surface area (Å²) in [6, 6.07) is 3.82.